The molecule has 0 aliphatic carbocycles. The highest BCUT2D eigenvalue weighted by molar-refractivity contribution is 7.93. The van der Waals surface area contributed by atoms with E-state index in [2.05, 4.69) is 5.32 Å². The van der Waals surface area contributed by atoms with Crippen LogP contribution < -0.4 is 19.1 Å². The fraction of sp³-hybridized carbons (Fsp3) is 0.130. The van der Waals surface area contributed by atoms with Crippen LogP contribution in [0.2, 0.25) is 5.02 Å². The minimum Gasteiger partial charge on any atom is -0.495 e. The summed E-state index contributed by atoms with van der Waals surface area (Å²) in [7, 11) is -2.74. The van der Waals surface area contributed by atoms with E-state index < -0.39 is 21.9 Å². The summed E-state index contributed by atoms with van der Waals surface area (Å²) in [5.74, 6) is -1.14. The summed E-state index contributed by atoms with van der Waals surface area (Å²) < 4.78 is 39.0. The first-order chi connectivity index (χ1) is 16.2. The van der Waals surface area contributed by atoms with Gasteiger partial charge in [0.05, 0.1) is 24.9 Å². The largest absolute Gasteiger partial charge is 0.495 e. The third-order valence-corrected chi connectivity index (χ3v) is 7.19. The van der Waals surface area contributed by atoms with Crippen molar-refractivity contribution in [1.82, 2.24) is 0 Å². The summed E-state index contributed by atoms with van der Waals surface area (Å²) in [5, 5.41) is 11.9. The van der Waals surface area contributed by atoms with E-state index in [0.29, 0.717) is 11.4 Å². The Morgan fingerprint density at radius 1 is 1.06 bits per heavy atom. The van der Waals surface area contributed by atoms with E-state index >= 15 is 0 Å². The number of fused-ring (bicyclic) bond motifs is 1. The first-order valence-electron chi connectivity index (χ1n) is 9.98. The van der Waals surface area contributed by atoms with Gasteiger partial charge in [0.25, 0.3) is 15.9 Å². The third-order valence-electron chi connectivity index (χ3n) is 5.13. The van der Waals surface area contributed by atoms with Gasteiger partial charge in [-0.1, -0.05) is 11.6 Å². The Kier molecular flexibility index (Phi) is 6.36. The highest BCUT2D eigenvalue weighted by atomic mass is 35.5. The molecule has 34 heavy (non-hydrogen) atoms. The maximum Gasteiger partial charge on any atom is 0.335 e. The molecule has 1 amide bonds. The van der Waals surface area contributed by atoms with E-state index in [4.69, 9.17) is 26.2 Å². The molecule has 3 aromatic rings. The molecule has 0 atom stereocenters. The molecule has 0 bridgehead atoms. The minimum absolute atomic E-state index is 0.0206. The van der Waals surface area contributed by atoms with Crippen LogP contribution in [0.3, 0.4) is 0 Å². The fourth-order valence-corrected chi connectivity index (χ4v) is 5.33. The topological polar surface area (TPSA) is 122 Å². The number of carbonyl (C=O) groups excluding carboxylic acids is 1. The molecule has 1 aliphatic heterocycles. The number of carboxylic acid groups (broad SMARTS) is 1. The van der Waals surface area contributed by atoms with Gasteiger partial charge in [-0.3, -0.25) is 9.10 Å². The molecule has 0 saturated carbocycles. The highest BCUT2D eigenvalue weighted by Gasteiger charge is 2.33. The Hall–Kier alpha value is -3.76. The van der Waals surface area contributed by atoms with Gasteiger partial charge in [0, 0.05) is 16.3 Å². The van der Waals surface area contributed by atoms with Crippen LogP contribution in [0.15, 0.2) is 65.6 Å². The summed E-state index contributed by atoms with van der Waals surface area (Å²) in [6, 6.07) is 14.4. The maximum absolute atomic E-state index is 13.5. The van der Waals surface area contributed by atoms with Crippen LogP contribution in [-0.4, -0.2) is 45.7 Å². The molecule has 0 unspecified atom stereocenters. The zero-order valence-electron chi connectivity index (χ0n) is 17.8. The summed E-state index contributed by atoms with van der Waals surface area (Å²) in [6.45, 7) is 0.142. The lowest BCUT2D eigenvalue weighted by Crippen LogP contribution is -2.38. The Morgan fingerprint density at radius 3 is 2.44 bits per heavy atom. The van der Waals surface area contributed by atoms with Crippen molar-refractivity contribution in [3.05, 3.63) is 76.8 Å². The summed E-state index contributed by atoms with van der Waals surface area (Å²) in [6.07, 6.45) is 0. The molecule has 1 heterocycles. The predicted octanol–water partition coefficient (Wildman–Crippen LogP) is 3.89. The zero-order chi connectivity index (χ0) is 24.5. The predicted molar refractivity (Wildman–Crippen MR) is 126 cm³/mol. The lowest BCUT2D eigenvalue weighted by Gasteiger charge is -2.31. The van der Waals surface area contributed by atoms with E-state index in [-0.39, 0.29) is 45.6 Å². The smallest absolute Gasteiger partial charge is 0.335 e. The number of hydrogen-bond donors (Lipinski definition) is 2. The molecule has 3 aromatic carbocycles. The van der Waals surface area contributed by atoms with Crippen molar-refractivity contribution in [3.8, 4) is 11.5 Å². The number of nitrogens with zero attached hydrogens (tertiary/aromatic N) is 1. The number of anilines is 2. The summed E-state index contributed by atoms with van der Waals surface area (Å²) in [5.41, 5.74) is 0.852. The Morgan fingerprint density at radius 2 is 1.76 bits per heavy atom. The lowest BCUT2D eigenvalue weighted by molar-refractivity contribution is 0.0696. The SMILES string of the molecule is COc1ccc(Cl)cc1S(=O)(=O)N1CCOc2ccc(C(=O)Nc3ccc(C(=O)O)cc3)cc21. The number of nitrogens with one attached hydrogen (secondary N) is 1. The lowest BCUT2D eigenvalue weighted by atomic mass is 10.1. The van der Waals surface area contributed by atoms with Gasteiger partial charge in [0.15, 0.2) is 0 Å². The molecular formula is C23H19ClN2O7S. The first kappa shape index (κ1) is 23.4. The average molecular weight is 503 g/mol. The number of hydrogen-bond acceptors (Lipinski definition) is 6. The molecule has 1 aliphatic rings. The number of halogens is 1. The van der Waals surface area contributed by atoms with Crippen molar-refractivity contribution in [3.63, 3.8) is 0 Å². The number of carbonyl (C=O) groups is 2. The second-order valence-corrected chi connectivity index (χ2v) is 9.51. The number of carboxylic acids is 1. The standard InChI is InChI=1S/C23H19ClN2O7S/c1-32-20-9-5-16(24)13-21(20)34(30,31)26-10-11-33-19-8-4-15(12-18(19)26)22(27)25-17-6-2-14(3-7-17)23(28)29/h2-9,12-13H,10-11H2,1H3,(H,25,27)(H,28,29). The van der Waals surface area contributed by atoms with Crippen molar-refractivity contribution in [2.24, 2.45) is 0 Å². The molecule has 2 N–H and O–H groups in total. The molecule has 11 heteroatoms. The number of ether oxygens (including phenoxy) is 2. The Bertz CT molecular complexity index is 1370. The first-order valence-corrected chi connectivity index (χ1v) is 11.8. The van der Waals surface area contributed by atoms with Gasteiger partial charge in [-0.25, -0.2) is 13.2 Å². The molecule has 0 radical (unpaired) electrons. The number of amides is 1. The van der Waals surface area contributed by atoms with Crippen molar-refractivity contribution >= 4 is 44.9 Å². The third kappa shape index (κ3) is 4.50. The van der Waals surface area contributed by atoms with E-state index in [0.717, 1.165) is 4.31 Å². The molecule has 9 nitrogen and oxygen atoms in total. The molecule has 0 fully saturated rings. The second kappa shape index (κ2) is 9.24. The number of sulfonamides is 1. The van der Waals surface area contributed by atoms with Crippen LogP contribution in [0.5, 0.6) is 11.5 Å². The van der Waals surface area contributed by atoms with E-state index in [1.807, 2.05) is 0 Å². The Balaban J connectivity index is 1.67. The van der Waals surface area contributed by atoms with Crippen LogP contribution >= 0.6 is 11.6 Å². The number of methoxy groups -OCH3 is 1. The van der Waals surface area contributed by atoms with Crippen molar-refractivity contribution in [2.75, 3.05) is 29.9 Å². The number of benzene rings is 3. The molecular weight excluding hydrogens is 484 g/mol. The number of aromatic carboxylic acids is 1. The van der Waals surface area contributed by atoms with Gasteiger partial charge in [-0.2, -0.15) is 0 Å². The van der Waals surface area contributed by atoms with Gasteiger partial charge < -0.3 is 19.9 Å². The van der Waals surface area contributed by atoms with Gasteiger partial charge in [0.2, 0.25) is 0 Å². The average Bonchev–Trinajstić information content (AvgIpc) is 2.83. The van der Waals surface area contributed by atoms with Gasteiger partial charge >= 0.3 is 5.97 Å². The quantitative estimate of drug-likeness (QED) is 0.524. The summed E-state index contributed by atoms with van der Waals surface area (Å²) in [4.78, 5) is 23.7. The summed E-state index contributed by atoms with van der Waals surface area (Å²) >= 11 is 6.04. The van der Waals surface area contributed by atoms with Crippen LogP contribution in [-0.2, 0) is 10.0 Å². The maximum atomic E-state index is 13.5. The van der Waals surface area contributed by atoms with Crippen molar-refractivity contribution in [1.29, 1.82) is 0 Å². The Labute approximate surface area is 200 Å². The van der Waals surface area contributed by atoms with Crippen LogP contribution in [0.1, 0.15) is 20.7 Å². The zero-order valence-corrected chi connectivity index (χ0v) is 19.4. The van der Waals surface area contributed by atoms with Gasteiger partial charge in [0.1, 0.15) is 23.0 Å². The normalized spacial score (nSPS) is 12.9. The fourth-order valence-electron chi connectivity index (χ4n) is 3.45. The number of rotatable bonds is 6. The van der Waals surface area contributed by atoms with Crippen molar-refractivity contribution < 1.29 is 32.6 Å². The van der Waals surface area contributed by atoms with Gasteiger partial charge in [-0.15, -0.1) is 0 Å². The van der Waals surface area contributed by atoms with E-state index in [1.165, 1.54) is 67.8 Å². The van der Waals surface area contributed by atoms with Crippen molar-refractivity contribution in [2.45, 2.75) is 4.90 Å². The molecule has 4 rings (SSSR count). The van der Waals surface area contributed by atoms with Crippen LogP contribution in [0, 0.1) is 0 Å². The van der Waals surface area contributed by atoms with Crippen LogP contribution in [0.4, 0.5) is 11.4 Å². The highest BCUT2D eigenvalue weighted by Crippen LogP contribution is 2.38. The molecule has 0 aromatic heterocycles. The van der Waals surface area contributed by atoms with E-state index in [9.17, 15) is 18.0 Å². The minimum atomic E-state index is -4.10. The monoisotopic (exact) mass is 502 g/mol. The molecule has 0 spiro atoms. The second-order valence-electron chi connectivity index (χ2n) is 7.24. The molecule has 176 valence electrons. The van der Waals surface area contributed by atoms with Gasteiger partial charge in [-0.05, 0) is 60.7 Å². The van der Waals surface area contributed by atoms with E-state index in [1.54, 1.807) is 0 Å². The molecule has 0 saturated heterocycles. The van der Waals surface area contributed by atoms with Crippen LogP contribution in [0.25, 0.3) is 0 Å².